The van der Waals surface area contributed by atoms with Crippen LogP contribution in [0.25, 0.3) is 10.8 Å². The van der Waals surface area contributed by atoms with E-state index in [-0.39, 0.29) is 12.3 Å². The predicted octanol–water partition coefficient (Wildman–Crippen LogP) is 1.53. The van der Waals surface area contributed by atoms with E-state index in [0.29, 0.717) is 31.5 Å². The molecule has 9 heteroatoms. The van der Waals surface area contributed by atoms with Crippen molar-refractivity contribution in [3.8, 4) is 0 Å². The lowest BCUT2D eigenvalue weighted by Gasteiger charge is -2.41. The summed E-state index contributed by atoms with van der Waals surface area (Å²) in [6.07, 6.45) is 5.95. The molecule has 2 saturated heterocycles. The van der Waals surface area contributed by atoms with Crippen LogP contribution in [0.1, 0.15) is 30.7 Å². The van der Waals surface area contributed by atoms with E-state index < -0.39 is 18.0 Å². The molecule has 2 aromatic rings. The summed E-state index contributed by atoms with van der Waals surface area (Å²) in [6, 6.07) is 5.28. The van der Waals surface area contributed by atoms with Gasteiger partial charge in [0.1, 0.15) is 6.04 Å². The van der Waals surface area contributed by atoms with Crippen molar-refractivity contribution in [1.29, 1.82) is 0 Å². The number of aromatic nitrogens is 1. The first-order chi connectivity index (χ1) is 15.5. The molecule has 9 nitrogen and oxygen atoms in total. The standard InChI is InChI=1S/C23H27N5O4/c29-21-4-6-28(23(32)26-21)20-11-24-10-18-16(2-1-3-17(18)20)15-8-14(9-15)12-27-7-5-25-19(13-27)22(30)31/h1-3,10-11,14-15,19,25H,4-9,12-13H2,(H,30,31)(H,26,29,32)/t14?,15?,19-/m0/s1. The number of hydrogen-bond donors (Lipinski definition) is 3. The number of carbonyl (C=O) groups is 3. The van der Waals surface area contributed by atoms with E-state index in [1.165, 1.54) is 5.56 Å². The van der Waals surface area contributed by atoms with Crippen LogP contribution >= 0.6 is 0 Å². The van der Waals surface area contributed by atoms with Crippen molar-refractivity contribution >= 4 is 34.4 Å². The van der Waals surface area contributed by atoms with Gasteiger partial charge in [-0.05, 0) is 30.2 Å². The van der Waals surface area contributed by atoms with Gasteiger partial charge in [-0.25, -0.2) is 4.79 Å². The van der Waals surface area contributed by atoms with E-state index in [0.717, 1.165) is 42.4 Å². The molecule has 168 valence electrons. The maximum atomic E-state index is 12.4. The Morgan fingerprint density at radius 2 is 2.00 bits per heavy atom. The van der Waals surface area contributed by atoms with Crippen LogP contribution in [0.15, 0.2) is 30.6 Å². The highest BCUT2D eigenvalue weighted by Gasteiger charge is 2.35. The number of amides is 3. The van der Waals surface area contributed by atoms with Gasteiger partial charge in [0.15, 0.2) is 0 Å². The number of anilines is 1. The van der Waals surface area contributed by atoms with Crippen LogP contribution in [0, 0.1) is 5.92 Å². The van der Waals surface area contributed by atoms with E-state index >= 15 is 0 Å². The Kier molecular flexibility index (Phi) is 5.52. The van der Waals surface area contributed by atoms with Crippen molar-refractivity contribution in [1.82, 2.24) is 20.5 Å². The minimum atomic E-state index is -0.785. The van der Waals surface area contributed by atoms with Crippen LogP contribution in [0.3, 0.4) is 0 Å². The Labute approximate surface area is 185 Å². The van der Waals surface area contributed by atoms with Gasteiger partial charge in [0.2, 0.25) is 5.91 Å². The zero-order valence-electron chi connectivity index (χ0n) is 17.8. The number of rotatable bonds is 5. The van der Waals surface area contributed by atoms with Gasteiger partial charge in [0.25, 0.3) is 0 Å². The van der Waals surface area contributed by atoms with E-state index in [9.17, 15) is 19.5 Å². The quantitative estimate of drug-likeness (QED) is 0.650. The molecule has 32 heavy (non-hydrogen) atoms. The molecule has 0 unspecified atom stereocenters. The largest absolute Gasteiger partial charge is 0.480 e. The molecule has 3 fully saturated rings. The number of urea groups is 1. The van der Waals surface area contributed by atoms with Crippen LogP contribution in [-0.4, -0.2) is 71.7 Å². The number of aliphatic carboxylic acids is 1. The second-order valence-corrected chi connectivity index (χ2v) is 8.99. The lowest BCUT2D eigenvalue weighted by molar-refractivity contribution is -0.140. The molecule has 5 rings (SSSR count). The number of nitrogens with zero attached hydrogens (tertiary/aromatic N) is 3. The first kappa shape index (κ1) is 20.8. The summed E-state index contributed by atoms with van der Waals surface area (Å²) >= 11 is 0. The van der Waals surface area contributed by atoms with Crippen molar-refractivity contribution in [2.75, 3.05) is 37.6 Å². The number of hydrogen-bond acceptors (Lipinski definition) is 6. The topological polar surface area (TPSA) is 115 Å². The number of carbonyl (C=O) groups excluding carboxylic acids is 2. The number of carboxylic acid groups (broad SMARTS) is 1. The average molecular weight is 438 g/mol. The lowest BCUT2D eigenvalue weighted by Crippen LogP contribution is -2.55. The summed E-state index contributed by atoms with van der Waals surface area (Å²) in [5.41, 5.74) is 1.97. The first-order valence-electron chi connectivity index (χ1n) is 11.2. The fraction of sp³-hybridized carbons (Fsp3) is 0.478. The summed E-state index contributed by atoms with van der Waals surface area (Å²) in [5.74, 6) is -0.0553. The molecular weight excluding hydrogens is 410 g/mol. The molecule has 0 bridgehead atoms. The van der Waals surface area contributed by atoms with E-state index in [1.807, 2.05) is 18.3 Å². The highest BCUT2D eigenvalue weighted by Crippen LogP contribution is 2.45. The fourth-order valence-corrected chi connectivity index (χ4v) is 5.21. The molecule has 0 radical (unpaired) electrons. The summed E-state index contributed by atoms with van der Waals surface area (Å²) in [4.78, 5) is 43.4. The molecule has 1 aliphatic carbocycles. The van der Waals surface area contributed by atoms with Crippen LogP contribution in [-0.2, 0) is 9.59 Å². The summed E-state index contributed by atoms with van der Waals surface area (Å²) in [6.45, 7) is 3.42. The van der Waals surface area contributed by atoms with Crippen molar-refractivity contribution in [3.63, 3.8) is 0 Å². The molecule has 2 aliphatic heterocycles. The molecule has 3 aliphatic rings. The zero-order chi connectivity index (χ0) is 22.2. The molecule has 3 amide bonds. The molecule has 3 heterocycles. The summed E-state index contributed by atoms with van der Waals surface area (Å²) in [5, 5.41) is 16.7. The third-order valence-corrected chi connectivity index (χ3v) is 6.91. The molecule has 0 spiro atoms. The van der Waals surface area contributed by atoms with Crippen molar-refractivity contribution < 1.29 is 19.5 Å². The third-order valence-electron chi connectivity index (χ3n) is 6.91. The number of pyridine rings is 1. The summed E-state index contributed by atoms with van der Waals surface area (Å²) in [7, 11) is 0. The van der Waals surface area contributed by atoms with Crippen molar-refractivity contribution in [2.24, 2.45) is 5.92 Å². The molecule has 1 atom stereocenters. The minimum absolute atomic E-state index is 0.250. The van der Waals surface area contributed by atoms with Gasteiger partial charge in [0.05, 0.1) is 11.9 Å². The first-order valence-corrected chi connectivity index (χ1v) is 11.2. The van der Waals surface area contributed by atoms with Gasteiger partial charge in [-0.2, -0.15) is 0 Å². The van der Waals surface area contributed by atoms with Gasteiger partial charge in [-0.3, -0.25) is 29.7 Å². The number of fused-ring (bicyclic) bond motifs is 1. The Morgan fingerprint density at radius 3 is 2.78 bits per heavy atom. The zero-order valence-corrected chi connectivity index (χ0v) is 17.8. The molecular formula is C23H27N5O4. The van der Waals surface area contributed by atoms with E-state index in [4.69, 9.17) is 0 Å². The number of carboxylic acids is 1. The summed E-state index contributed by atoms with van der Waals surface area (Å²) < 4.78 is 0. The van der Waals surface area contributed by atoms with E-state index in [2.05, 4.69) is 26.6 Å². The third kappa shape index (κ3) is 3.93. The maximum absolute atomic E-state index is 12.4. The van der Waals surface area contributed by atoms with Crippen LogP contribution in [0.4, 0.5) is 10.5 Å². The SMILES string of the molecule is O=C1CCN(c2cncc3c(C4CC(CN5CCN[C@H](C(=O)O)C5)C4)cccc23)C(=O)N1. The maximum Gasteiger partial charge on any atom is 0.328 e. The number of nitrogens with one attached hydrogen (secondary N) is 2. The number of piperazine rings is 1. The lowest BCUT2D eigenvalue weighted by atomic mass is 9.70. The van der Waals surface area contributed by atoms with E-state index in [1.54, 1.807) is 11.1 Å². The minimum Gasteiger partial charge on any atom is -0.480 e. The number of benzene rings is 1. The highest BCUT2D eigenvalue weighted by atomic mass is 16.4. The predicted molar refractivity (Wildman–Crippen MR) is 119 cm³/mol. The Morgan fingerprint density at radius 1 is 1.16 bits per heavy atom. The normalized spacial score (nSPS) is 26.6. The Bertz CT molecular complexity index is 1070. The van der Waals surface area contributed by atoms with Gasteiger partial charge < -0.3 is 10.4 Å². The van der Waals surface area contributed by atoms with Crippen LogP contribution < -0.4 is 15.5 Å². The van der Waals surface area contributed by atoms with Crippen LogP contribution in [0.5, 0.6) is 0 Å². The molecule has 1 aromatic carbocycles. The smallest absolute Gasteiger partial charge is 0.328 e. The monoisotopic (exact) mass is 437 g/mol. The van der Waals surface area contributed by atoms with Crippen LogP contribution in [0.2, 0.25) is 0 Å². The average Bonchev–Trinajstić information content (AvgIpc) is 2.76. The van der Waals surface area contributed by atoms with Gasteiger partial charge in [-0.1, -0.05) is 18.2 Å². The van der Waals surface area contributed by atoms with Gasteiger partial charge >= 0.3 is 12.0 Å². The molecule has 1 aromatic heterocycles. The number of imide groups is 1. The molecule has 1 saturated carbocycles. The highest BCUT2D eigenvalue weighted by molar-refractivity contribution is 6.10. The fourth-order valence-electron chi connectivity index (χ4n) is 5.21. The van der Waals surface area contributed by atoms with Gasteiger partial charge in [-0.15, -0.1) is 0 Å². The Balaban J connectivity index is 1.29. The van der Waals surface area contributed by atoms with Crippen molar-refractivity contribution in [3.05, 3.63) is 36.2 Å². The second kappa shape index (κ2) is 8.48. The van der Waals surface area contributed by atoms with Gasteiger partial charge in [0, 0.05) is 56.1 Å². The second-order valence-electron chi connectivity index (χ2n) is 8.99. The van der Waals surface area contributed by atoms with Crippen molar-refractivity contribution in [2.45, 2.75) is 31.2 Å². The molecule has 3 N–H and O–H groups in total. The Hall–Kier alpha value is -3.04.